The van der Waals surface area contributed by atoms with E-state index in [9.17, 15) is 22.8 Å². The maximum Gasteiger partial charge on any atom is 0.416 e. The Morgan fingerprint density at radius 3 is 2.30 bits per heavy atom. The van der Waals surface area contributed by atoms with E-state index < -0.39 is 23.1 Å². The predicted octanol–water partition coefficient (Wildman–Crippen LogP) is 2.65. The molecule has 0 fully saturated rings. The number of rotatable bonds is 2. The maximum atomic E-state index is 12.4. The van der Waals surface area contributed by atoms with Gasteiger partial charge in [0.1, 0.15) is 5.69 Å². The average Bonchev–Trinajstić information content (AvgIpc) is 2.40. The van der Waals surface area contributed by atoms with Crippen LogP contribution < -0.4 is 10.7 Å². The van der Waals surface area contributed by atoms with Gasteiger partial charge in [0.25, 0.3) is 5.91 Å². The first-order valence-corrected chi connectivity index (χ1v) is 5.53. The lowest BCUT2D eigenvalue weighted by atomic mass is 10.1. The summed E-state index contributed by atoms with van der Waals surface area (Å²) in [7, 11) is 0. The number of aromatic nitrogens is 1. The summed E-state index contributed by atoms with van der Waals surface area (Å²) in [6, 6.07) is 4.95. The maximum absolute atomic E-state index is 12.4. The van der Waals surface area contributed by atoms with Crippen LogP contribution in [0.5, 0.6) is 0 Å². The highest BCUT2D eigenvalue weighted by Crippen LogP contribution is 2.29. The molecule has 2 rings (SSSR count). The Balaban J connectivity index is 2.18. The van der Waals surface area contributed by atoms with E-state index in [2.05, 4.69) is 10.3 Å². The number of aromatic amines is 1. The number of H-pyrrole nitrogens is 1. The zero-order valence-electron chi connectivity index (χ0n) is 9.99. The summed E-state index contributed by atoms with van der Waals surface area (Å²) in [4.78, 5) is 25.8. The normalized spacial score (nSPS) is 11.2. The van der Waals surface area contributed by atoms with Gasteiger partial charge in [-0.05, 0) is 24.3 Å². The fourth-order valence-electron chi connectivity index (χ4n) is 1.52. The number of hydrogen-bond acceptors (Lipinski definition) is 2. The predicted molar refractivity (Wildman–Crippen MR) is 66.5 cm³/mol. The van der Waals surface area contributed by atoms with Crippen molar-refractivity contribution in [2.45, 2.75) is 6.18 Å². The van der Waals surface area contributed by atoms with E-state index in [1.807, 2.05) is 0 Å². The molecule has 0 aliphatic heterocycles. The van der Waals surface area contributed by atoms with E-state index >= 15 is 0 Å². The van der Waals surface area contributed by atoms with Crippen LogP contribution in [0, 0.1) is 0 Å². The number of carbonyl (C=O) groups is 1. The monoisotopic (exact) mass is 282 g/mol. The zero-order valence-corrected chi connectivity index (χ0v) is 9.99. The number of halogens is 3. The van der Waals surface area contributed by atoms with Crippen LogP contribution >= 0.6 is 0 Å². The Hall–Kier alpha value is -2.57. The number of benzene rings is 1. The number of amides is 1. The summed E-state index contributed by atoms with van der Waals surface area (Å²) in [5.41, 5.74) is -1.19. The van der Waals surface area contributed by atoms with Gasteiger partial charge in [-0.25, -0.2) is 0 Å². The van der Waals surface area contributed by atoms with Crippen molar-refractivity contribution in [2.75, 3.05) is 5.32 Å². The van der Waals surface area contributed by atoms with Crippen molar-refractivity contribution in [1.29, 1.82) is 0 Å². The van der Waals surface area contributed by atoms with Crippen molar-refractivity contribution >= 4 is 11.6 Å². The third-order valence-corrected chi connectivity index (χ3v) is 2.55. The van der Waals surface area contributed by atoms with Crippen LogP contribution in [0.4, 0.5) is 18.9 Å². The van der Waals surface area contributed by atoms with E-state index in [0.29, 0.717) is 0 Å². The van der Waals surface area contributed by atoms with E-state index in [1.54, 1.807) is 0 Å². The second kappa shape index (κ2) is 5.20. The van der Waals surface area contributed by atoms with Gasteiger partial charge in [0.15, 0.2) is 0 Å². The summed E-state index contributed by atoms with van der Waals surface area (Å²) in [5.74, 6) is -0.657. The summed E-state index contributed by atoms with van der Waals surface area (Å²) in [6.07, 6.45) is -1.76. The van der Waals surface area contributed by atoms with Crippen LogP contribution in [0.2, 0.25) is 0 Å². The molecule has 0 unspecified atom stereocenters. The van der Waals surface area contributed by atoms with Gasteiger partial charge in [-0.1, -0.05) is 0 Å². The molecule has 2 aromatic rings. The molecule has 0 radical (unpaired) electrons. The largest absolute Gasteiger partial charge is 0.416 e. The van der Waals surface area contributed by atoms with E-state index in [1.165, 1.54) is 18.5 Å². The number of alkyl halides is 3. The van der Waals surface area contributed by atoms with Gasteiger partial charge in [0, 0.05) is 24.0 Å². The molecular weight excluding hydrogens is 273 g/mol. The Labute approximate surface area is 111 Å². The fourth-order valence-corrected chi connectivity index (χ4v) is 1.52. The highest BCUT2D eigenvalue weighted by Gasteiger charge is 2.30. The summed E-state index contributed by atoms with van der Waals surface area (Å²) in [6.45, 7) is 0. The van der Waals surface area contributed by atoms with Gasteiger partial charge in [0.05, 0.1) is 5.56 Å². The molecular formula is C13H9F3N2O2. The minimum Gasteiger partial charge on any atom is -0.366 e. The van der Waals surface area contributed by atoms with Crippen LogP contribution in [0.15, 0.2) is 47.5 Å². The van der Waals surface area contributed by atoms with E-state index in [0.717, 1.165) is 24.3 Å². The summed E-state index contributed by atoms with van der Waals surface area (Å²) in [5, 5.41) is 2.32. The summed E-state index contributed by atoms with van der Waals surface area (Å²) < 4.78 is 37.1. The standard InChI is InChI=1S/C13H9F3N2O2/c14-13(15,16)9-3-1-8(2-4-9)12(20)18-10-7-17-6-5-11(10)19/h1-7H,(H,17,19)(H,18,20). The van der Waals surface area contributed by atoms with Gasteiger partial charge < -0.3 is 10.3 Å². The number of pyridine rings is 1. The first-order valence-electron chi connectivity index (χ1n) is 5.53. The Morgan fingerprint density at radius 2 is 1.75 bits per heavy atom. The SMILES string of the molecule is O=C(Nc1c[nH]ccc1=O)c1ccc(C(F)(F)F)cc1. The lowest BCUT2D eigenvalue weighted by Crippen LogP contribution is -2.18. The molecule has 1 aromatic carbocycles. The number of hydrogen-bond donors (Lipinski definition) is 2. The van der Waals surface area contributed by atoms with E-state index in [4.69, 9.17) is 0 Å². The second-order valence-electron chi connectivity index (χ2n) is 3.95. The third-order valence-electron chi connectivity index (χ3n) is 2.55. The Morgan fingerprint density at radius 1 is 1.10 bits per heavy atom. The molecule has 0 atom stereocenters. The van der Waals surface area contributed by atoms with Crippen molar-refractivity contribution in [3.8, 4) is 0 Å². The summed E-state index contributed by atoms with van der Waals surface area (Å²) >= 11 is 0. The lowest BCUT2D eigenvalue weighted by molar-refractivity contribution is -0.137. The average molecular weight is 282 g/mol. The van der Waals surface area contributed by atoms with Gasteiger partial charge in [-0.3, -0.25) is 9.59 Å². The number of carbonyl (C=O) groups excluding carboxylic acids is 1. The molecule has 0 aliphatic rings. The molecule has 20 heavy (non-hydrogen) atoms. The molecule has 7 heteroatoms. The van der Waals surface area contributed by atoms with Crippen molar-refractivity contribution < 1.29 is 18.0 Å². The molecule has 4 nitrogen and oxygen atoms in total. The molecule has 1 amide bonds. The fraction of sp³-hybridized carbons (Fsp3) is 0.0769. The van der Waals surface area contributed by atoms with E-state index in [-0.39, 0.29) is 11.3 Å². The van der Waals surface area contributed by atoms with Crippen molar-refractivity contribution in [3.05, 3.63) is 64.1 Å². The van der Waals surface area contributed by atoms with Crippen molar-refractivity contribution in [2.24, 2.45) is 0 Å². The van der Waals surface area contributed by atoms with Gasteiger partial charge in [-0.15, -0.1) is 0 Å². The molecule has 0 saturated carbocycles. The van der Waals surface area contributed by atoms with Crippen LogP contribution in [0.1, 0.15) is 15.9 Å². The Bertz CT molecular complexity index is 675. The van der Waals surface area contributed by atoms with Gasteiger partial charge >= 0.3 is 6.18 Å². The Kier molecular flexibility index (Phi) is 3.60. The zero-order chi connectivity index (χ0) is 14.8. The van der Waals surface area contributed by atoms with Crippen molar-refractivity contribution in [3.63, 3.8) is 0 Å². The molecule has 0 aliphatic carbocycles. The minimum atomic E-state index is -4.45. The van der Waals surface area contributed by atoms with Crippen LogP contribution in [0.3, 0.4) is 0 Å². The van der Waals surface area contributed by atoms with Gasteiger partial charge in [0.2, 0.25) is 5.43 Å². The number of anilines is 1. The second-order valence-corrected chi connectivity index (χ2v) is 3.95. The minimum absolute atomic E-state index is 0.0254. The first kappa shape index (κ1) is 13.9. The highest BCUT2D eigenvalue weighted by atomic mass is 19.4. The molecule has 1 aromatic heterocycles. The van der Waals surface area contributed by atoms with Crippen LogP contribution in [-0.4, -0.2) is 10.9 Å². The molecule has 2 N–H and O–H groups in total. The smallest absolute Gasteiger partial charge is 0.366 e. The quantitative estimate of drug-likeness (QED) is 0.889. The third kappa shape index (κ3) is 3.05. The molecule has 0 bridgehead atoms. The van der Waals surface area contributed by atoms with Crippen molar-refractivity contribution in [1.82, 2.24) is 4.98 Å². The first-order chi connectivity index (χ1) is 9.38. The topological polar surface area (TPSA) is 62.0 Å². The van der Waals surface area contributed by atoms with Crippen LogP contribution in [0.25, 0.3) is 0 Å². The highest BCUT2D eigenvalue weighted by molar-refractivity contribution is 6.04. The molecule has 104 valence electrons. The molecule has 1 heterocycles. The molecule has 0 spiro atoms. The lowest BCUT2D eigenvalue weighted by Gasteiger charge is -2.08. The van der Waals surface area contributed by atoms with Crippen LogP contribution in [-0.2, 0) is 6.18 Å². The number of nitrogens with one attached hydrogen (secondary N) is 2. The van der Waals surface area contributed by atoms with Gasteiger partial charge in [-0.2, -0.15) is 13.2 Å². The molecule has 0 saturated heterocycles.